The predicted octanol–water partition coefficient (Wildman–Crippen LogP) is 2.48. The van der Waals surface area contributed by atoms with Crippen LogP contribution in [0.2, 0.25) is 0 Å². The van der Waals surface area contributed by atoms with E-state index in [-0.39, 0.29) is 23.9 Å². The van der Waals surface area contributed by atoms with Gasteiger partial charge in [0.25, 0.3) is 0 Å². The maximum atomic E-state index is 12.2. The molecule has 1 aromatic carbocycles. The third-order valence-electron chi connectivity index (χ3n) is 4.70. The molecule has 0 spiro atoms. The number of hydrogen-bond acceptors (Lipinski definition) is 3. The summed E-state index contributed by atoms with van der Waals surface area (Å²) in [6.07, 6.45) is 2.40. The highest BCUT2D eigenvalue weighted by Gasteiger charge is 2.46. The fourth-order valence-electron chi connectivity index (χ4n) is 3.49. The van der Waals surface area contributed by atoms with Crippen LogP contribution in [0.4, 0.5) is 5.69 Å². The van der Waals surface area contributed by atoms with Crippen molar-refractivity contribution in [3.05, 3.63) is 23.8 Å². The van der Waals surface area contributed by atoms with Crippen LogP contribution in [0, 0.1) is 11.8 Å². The maximum absolute atomic E-state index is 12.2. The number of rotatable bonds is 2. The molecule has 1 fully saturated rings. The molecule has 1 aromatic rings. The van der Waals surface area contributed by atoms with Gasteiger partial charge in [-0.2, -0.15) is 0 Å². The van der Waals surface area contributed by atoms with E-state index in [1.54, 1.807) is 14.0 Å². The van der Waals surface area contributed by atoms with Gasteiger partial charge in [0.15, 0.2) is 0 Å². The van der Waals surface area contributed by atoms with Crippen LogP contribution in [0.15, 0.2) is 18.2 Å². The molecule has 0 bridgehead atoms. The standard InChI is InChI=1S/C16H22N2O2/c1-9-15(17)13-7-6-12(20-3)8-14(13)18(10(2)19)16(9)11-4-5-11/h6-9,11,15-16H,4-5,17H2,1-3H3/t9-,15-,16-/m1/s1. The maximum Gasteiger partial charge on any atom is 0.224 e. The lowest BCUT2D eigenvalue weighted by molar-refractivity contribution is -0.117. The third-order valence-corrected chi connectivity index (χ3v) is 4.70. The summed E-state index contributed by atoms with van der Waals surface area (Å²) in [4.78, 5) is 14.1. The smallest absolute Gasteiger partial charge is 0.224 e. The first-order valence-electron chi connectivity index (χ1n) is 7.28. The molecule has 1 aliphatic carbocycles. The van der Waals surface area contributed by atoms with Crippen molar-refractivity contribution in [2.24, 2.45) is 17.6 Å². The fourth-order valence-corrected chi connectivity index (χ4v) is 3.49. The molecule has 3 rings (SSSR count). The Balaban J connectivity index is 2.12. The Hall–Kier alpha value is -1.55. The second-order valence-corrected chi connectivity index (χ2v) is 6.03. The molecule has 2 N–H and O–H groups in total. The Bertz CT molecular complexity index is 539. The van der Waals surface area contributed by atoms with Gasteiger partial charge in [0.2, 0.25) is 5.91 Å². The van der Waals surface area contributed by atoms with E-state index >= 15 is 0 Å². The van der Waals surface area contributed by atoms with Crippen molar-refractivity contribution < 1.29 is 9.53 Å². The zero-order valence-electron chi connectivity index (χ0n) is 12.3. The van der Waals surface area contributed by atoms with Gasteiger partial charge in [-0.1, -0.05) is 13.0 Å². The van der Waals surface area contributed by atoms with E-state index in [0.29, 0.717) is 5.92 Å². The van der Waals surface area contributed by atoms with Gasteiger partial charge in [-0.25, -0.2) is 0 Å². The lowest BCUT2D eigenvalue weighted by Crippen LogP contribution is -2.51. The lowest BCUT2D eigenvalue weighted by Gasteiger charge is -2.44. The number of carbonyl (C=O) groups excluding carboxylic acids is 1. The summed E-state index contributed by atoms with van der Waals surface area (Å²) < 4.78 is 5.30. The number of amides is 1. The highest BCUT2D eigenvalue weighted by atomic mass is 16.5. The van der Waals surface area contributed by atoms with E-state index in [1.165, 1.54) is 12.8 Å². The molecule has 0 unspecified atom stereocenters. The van der Waals surface area contributed by atoms with Crippen LogP contribution in [-0.4, -0.2) is 19.1 Å². The number of benzene rings is 1. The van der Waals surface area contributed by atoms with E-state index in [1.807, 2.05) is 23.1 Å². The number of fused-ring (bicyclic) bond motifs is 1. The summed E-state index contributed by atoms with van der Waals surface area (Å²) in [5.41, 5.74) is 8.40. The summed E-state index contributed by atoms with van der Waals surface area (Å²) >= 11 is 0. The van der Waals surface area contributed by atoms with E-state index in [0.717, 1.165) is 17.0 Å². The Morgan fingerprint density at radius 3 is 2.65 bits per heavy atom. The van der Waals surface area contributed by atoms with Crippen molar-refractivity contribution in [3.8, 4) is 5.75 Å². The number of nitrogens with two attached hydrogens (primary N) is 1. The highest BCUT2D eigenvalue weighted by molar-refractivity contribution is 5.94. The molecule has 1 heterocycles. The molecular formula is C16H22N2O2. The average Bonchev–Trinajstić information content (AvgIpc) is 3.25. The van der Waals surface area contributed by atoms with E-state index in [4.69, 9.17) is 10.5 Å². The third kappa shape index (κ3) is 1.99. The minimum atomic E-state index is -0.0166. The minimum absolute atomic E-state index is 0.0166. The minimum Gasteiger partial charge on any atom is -0.497 e. The lowest BCUT2D eigenvalue weighted by atomic mass is 9.80. The molecule has 0 saturated heterocycles. The van der Waals surface area contributed by atoms with E-state index in [9.17, 15) is 4.79 Å². The van der Waals surface area contributed by atoms with Crippen LogP contribution >= 0.6 is 0 Å². The molecule has 0 aromatic heterocycles. The first-order chi connectivity index (χ1) is 9.54. The van der Waals surface area contributed by atoms with Crippen molar-refractivity contribution in [1.29, 1.82) is 0 Å². The topological polar surface area (TPSA) is 55.6 Å². The molecule has 3 atom stereocenters. The monoisotopic (exact) mass is 274 g/mol. The molecule has 4 nitrogen and oxygen atoms in total. The van der Waals surface area contributed by atoms with Gasteiger partial charge in [0.1, 0.15) is 5.75 Å². The first-order valence-corrected chi connectivity index (χ1v) is 7.28. The highest BCUT2D eigenvalue weighted by Crippen LogP contribution is 2.48. The fraction of sp³-hybridized carbons (Fsp3) is 0.562. The summed E-state index contributed by atoms with van der Waals surface area (Å²) in [5, 5.41) is 0. The molecule has 2 aliphatic rings. The molecule has 0 radical (unpaired) electrons. The normalized spacial score (nSPS) is 29.0. The Morgan fingerprint density at radius 1 is 1.40 bits per heavy atom. The number of nitrogens with zero attached hydrogens (tertiary/aromatic N) is 1. The van der Waals surface area contributed by atoms with Gasteiger partial charge in [-0.05, 0) is 36.3 Å². The first kappa shape index (κ1) is 13.4. The van der Waals surface area contributed by atoms with Gasteiger partial charge in [0, 0.05) is 25.1 Å². The quantitative estimate of drug-likeness (QED) is 0.901. The SMILES string of the molecule is COc1ccc2c(c1)N(C(C)=O)[C@@H](C1CC1)[C@H](C)[C@H]2N. The number of hydrogen-bond donors (Lipinski definition) is 1. The van der Waals surface area contributed by atoms with Crippen molar-refractivity contribution in [3.63, 3.8) is 0 Å². The van der Waals surface area contributed by atoms with Crippen molar-refractivity contribution in [1.82, 2.24) is 0 Å². The van der Waals surface area contributed by atoms with Crippen LogP contribution in [0.3, 0.4) is 0 Å². The van der Waals surface area contributed by atoms with Gasteiger partial charge in [-0.15, -0.1) is 0 Å². The molecule has 4 heteroatoms. The second-order valence-electron chi connectivity index (χ2n) is 6.03. The van der Waals surface area contributed by atoms with Gasteiger partial charge < -0.3 is 15.4 Å². The summed E-state index contributed by atoms with van der Waals surface area (Å²) in [6.45, 7) is 3.80. The van der Waals surface area contributed by atoms with Crippen LogP contribution in [0.25, 0.3) is 0 Å². The molecule has 1 aliphatic heterocycles. The summed E-state index contributed by atoms with van der Waals surface area (Å²) in [6, 6.07) is 6.06. The largest absolute Gasteiger partial charge is 0.497 e. The number of methoxy groups -OCH3 is 1. The molecular weight excluding hydrogens is 252 g/mol. The Morgan fingerprint density at radius 2 is 2.10 bits per heavy atom. The van der Waals surface area contributed by atoms with Gasteiger partial charge in [-0.3, -0.25) is 4.79 Å². The van der Waals surface area contributed by atoms with Crippen LogP contribution in [0.5, 0.6) is 5.75 Å². The molecule has 20 heavy (non-hydrogen) atoms. The summed E-state index contributed by atoms with van der Waals surface area (Å²) in [5.74, 6) is 1.74. The zero-order chi connectivity index (χ0) is 14.4. The second kappa shape index (κ2) is 4.77. The Kier molecular flexibility index (Phi) is 3.21. The number of carbonyl (C=O) groups is 1. The van der Waals surface area contributed by atoms with E-state index < -0.39 is 0 Å². The van der Waals surface area contributed by atoms with E-state index in [2.05, 4.69) is 6.92 Å². The van der Waals surface area contributed by atoms with Gasteiger partial charge in [0.05, 0.1) is 12.8 Å². The predicted molar refractivity (Wildman–Crippen MR) is 78.8 cm³/mol. The Labute approximate surface area is 119 Å². The van der Waals surface area contributed by atoms with Crippen LogP contribution < -0.4 is 15.4 Å². The van der Waals surface area contributed by atoms with Gasteiger partial charge >= 0.3 is 0 Å². The van der Waals surface area contributed by atoms with Crippen LogP contribution in [-0.2, 0) is 4.79 Å². The number of anilines is 1. The zero-order valence-corrected chi connectivity index (χ0v) is 12.3. The molecule has 1 amide bonds. The number of ether oxygens (including phenoxy) is 1. The van der Waals surface area contributed by atoms with Crippen molar-refractivity contribution in [2.45, 2.75) is 38.8 Å². The molecule has 1 saturated carbocycles. The van der Waals surface area contributed by atoms with Crippen molar-refractivity contribution >= 4 is 11.6 Å². The average molecular weight is 274 g/mol. The molecule has 108 valence electrons. The van der Waals surface area contributed by atoms with Crippen LogP contribution in [0.1, 0.15) is 38.3 Å². The van der Waals surface area contributed by atoms with Crippen molar-refractivity contribution in [2.75, 3.05) is 12.0 Å². The summed E-state index contributed by atoms with van der Waals surface area (Å²) in [7, 11) is 1.64.